The van der Waals surface area contributed by atoms with Crippen LogP contribution in [0.25, 0.3) is 21.8 Å². The molecule has 4 heteroatoms. The summed E-state index contributed by atoms with van der Waals surface area (Å²) in [6, 6.07) is 24.5. The van der Waals surface area contributed by atoms with E-state index in [9.17, 15) is 0 Å². The van der Waals surface area contributed by atoms with Crippen LogP contribution >= 0.6 is 0 Å². The van der Waals surface area contributed by atoms with Crippen LogP contribution in [0, 0.1) is 46.6 Å². The van der Waals surface area contributed by atoms with E-state index in [1.54, 1.807) is 0 Å². The molecule has 5 aromatic rings. The molecule has 5 rings (SSSR count). The molecule has 0 aliphatic carbocycles. The van der Waals surface area contributed by atoms with Crippen LogP contribution in [0.1, 0.15) is 33.4 Å². The smallest absolute Gasteiger partial charge is 0.129 e. The van der Waals surface area contributed by atoms with Crippen LogP contribution in [0.2, 0.25) is 39.3 Å². The molecular formula is C38H32N2Si2. The Balaban J connectivity index is 1.33. The monoisotopic (exact) mass is 572 g/mol. The van der Waals surface area contributed by atoms with Crippen LogP contribution in [0.3, 0.4) is 0 Å². The Morgan fingerprint density at radius 2 is 0.714 bits per heavy atom. The van der Waals surface area contributed by atoms with Gasteiger partial charge in [-0.25, -0.2) is 0 Å². The zero-order valence-corrected chi connectivity index (χ0v) is 27.0. The Labute approximate surface area is 251 Å². The van der Waals surface area contributed by atoms with Gasteiger partial charge in [-0.15, -0.1) is 11.1 Å². The molecule has 0 aliphatic rings. The van der Waals surface area contributed by atoms with Crippen molar-refractivity contribution in [3.05, 3.63) is 119 Å². The first kappa shape index (κ1) is 28.7. The number of benzene rings is 3. The number of aromatic nitrogens is 2. The third kappa shape index (κ3) is 7.88. The van der Waals surface area contributed by atoms with Gasteiger partial charge in [0, 0.05) is 56.5 Å². The van der Waals surface area contributed by atoms with E-state index in [1.807, 2.05) is 60.9 Å². The van der Waals surface area contributed by atoms with E-state index < -0.39 is 16.1 Å². The number of hydrogen-bond acceptors (Lipinski definition) is 2. The highest BCUT2D eigenvalue weighted by Crippen LogP contribution is 2.23. The van der Waals surface area contributed by atoms with E-state index in [-0.39, 0.29) is 0 Å². The zero-order chi connectivity index (χ0) is 29.7. The molecule has 202 valence electrons. The first-order valence-electron chi connectivity index (χ1n) is 14.0. The summed E-state index contributed by atoms with van der Waals surface area (Å²) in [6.45, 7) is 13.5. The minimum atomic E-state index is -1.39. The van der Waals surface area contributed by atoms with Gasteiger partial charge in [0.25, 0.3) is 0 Å². The molecule has 42 heavy (non-hydrogen) atoms. The summed E-state index contributed by atoms with van der Waals surface area (Å²) in [6.07, 6.45) is 3.63. The van der Waals surface area contributed by atoms with Crippen LogP contribution in [0.15, 0.2) is 85.2 Å². The largest absolute Gasteiger partial charge is 0.253 e. The minimum Gasteiger partial charge on any atom is -0.253 e. The molecule has 0 aliphatic heterocycles. The maximum absolute atomic E-state index is 4.72. The van der Waals surface area contributed by atoms with Crippen LogP contribution in [0.5, 0.6) is 0 Å². The summed E-state index contributed by atoms with van der Waals surface area (Å²) in [5.74, 6) is 19.6. The van der Waals surface area contributed by atoms with Crippen molar-refractivity contribution in [2.45, 2.75) is 39.3 Å². The molecule has 2 heterocycles. The molecule has 3 aromatic carbocycles. The van der Waals surface area contributed by atoms with Crippen molar-refractivity contribution in [1.82, 2.24) is 9.97 Å². The van der Waals surface area contributed by atoms with Gasteiger partial charge in [-0.1, -0.05) is 86.9 Å². The SMILES string of the molecule is C[Si](C)(C)C#Cc1ccc(C#Cc2cnc3c(ccc4cc(C#Cc5ccc(C#C[Si](C)(C)C)cc5)cnc43)c2)cc1. The van der Waals surface area contributed by atoms with Gasteiger partial charge in [0.15, 0.2) is 0 Å². The summed E-state index contributed by atoms with van der Waals surface area (Å²) in [4.78, 5) is 9.44. The van der Waals surface area contributed by atoms with Crippen LogP contribution in [-0.4, -0.2) is 26.1 Å². The molecule has 0 fully saturated rings. The fourth-order valence-corrected chi connectivity index (χ4v) is 5.05. The van der Waals surface area contributed by atoms with Crippen molar-refractivity contribution >= 4 is 38.0 Å². The van der Waals surface area contributed by atoms with Crippen molar-refractivity contribution in [3.8, 4) is 46.6 Å². The highest BCUT2D eigenvalue weighted by molar-refractivity contribution is 6.84. The molecule has 2 aromatic heterocycles. The van der Waals surface area contributed by atoms with Gasteiger partial charge in [0.2, 0.25) is 0 Å². The number of nitrogens with zero attached hydrogens (tertiary/aromatic N) is 2. The van der Waals surface area contributed by atoms with Crippen LogP contribution in [-0.2, 0) is 0 Å². The Hall–Kier alpha value is -4.85. The average Bonchev–Trinajstić information content (AvgIpc) is 2.97. The molecule has 0 unspecified atom stereocenters. The van der Waals surface area contributed by atoms with Crippen molar-refractivity contribution in [3.63, 3.8) is 0 Å². The predicted molar refractivity (Wildman–Crippen MR) is 182 cm³/mol. The standard InChI is InChI=1S/C38H32N2Si2/c1-41(2,3)23-21-31-11-7-29(8-12-31)15-17-33-25-35-19-20-36-26-34(28-40-38(36)37(35)39-27-33)18-16-30-9-13-32(14-10-30)22-24-42(4,5)6/h7-14,19-20,25-28H,1-6H3. The van der Waals surface area contributed by atoms with Gasteiger partial charge < -0.3 is 0 Å². The second kappa shape index (κ2) is 11.9. The second-order valence-electron chi connectivity index (χ2n) is 12.3. The van der Waals surface area contributed by atoms with E-state index in [4.69, 9.17) is 9.97 Å². The van der Waals surface area contributed by atoms with Gasteiger partial charge in [0.1, 0.15) is 16.1 Å². The lowest BCUT2D eigenvalue weighted by Crippen LogP contribution is -2.16. The lowest BCUT2D eigenvalue weighted by molar-refractivity contribution is 1.36. The normalized spacial score (nSPS) is 10.8. The highest BCUT2D eigenvalue weighted by Gasteiger charge is 2.08. The number of rotatable bonds is 0. The molecule has 0 bridgehead atoms. The van der Waals surface area contributed by atoms with Crippen molar-refractivity contribution < 1.29 is 0 Å². The quantitative estimate of drug-likeness (QED) is 0.107. The maximum atomic E-state index is 4.72. The molecule has 2 nitrogen and oxygen atoms in total. The third-order valence-corrected chi connectivity index (χ3v) is 7.89. The van der Waals surface area contributed by atoms with E-state index in [0.29, 0.717) is 0 Å². The van der Waals surface area contributed by atoms with Crippen molar-refractivity contribution in [2.24, 2.45) is 0 Å². The van der Waals surface area contributed by atoms with E-state index >= 15 is 0 Å². The molecule has 0 saturated heterocycles. The topological polar surface area (TPSA) is 25.8 Å². The number of pyridine rings is 2. The molecule has 0 radical (unpaired) electrons. The first-order chi connectivity index (χ1) is 20.0. The molecule has 0 saturated carbocycles. The molecular weight excluding hydrogens is 541 g/mol. The van der Waals surface area contributed by atoms with Crippen LogP contribution in [0.4, 0.5) is 0 Å². The fraction of sp³-hybridized carbons (Fsp3) is 0.158. The Bertz CT molecular complexity index is 1900. The van der Waals surface area contributed by atoms with Gasteiger partial charge in [-0.2, -0.15) is 0 Å². The number of fused-ring (bicyclic) bond motifs is 3. The Morgan fingerprint density at radius 3 is 1.05 bits per heavy atom. The van der Waals surface area contributed by atoms with Crippen LogP contribution < -0.4 is 0 Å². The summed E-state index contributed by atoms with van der Waals surface area (Å²) >= 11 is 0. The first-order valence-corrected chi connectivity index (χ1v) is 21.0. The molecule has 0 spiro atoms. The lowest BCUT2D eigenvalue weighted by Gasteiger charge is -2.04. The summed E-state index contributed by atoms with van der Waals surface area (Å²) < 4.78 is 0. The predicted octanol–water partition coefficient (Wildman–Crippen LogP) is 8.04. The second-order valence-corrected chi connectivity index (χ2v) is 21.8. The summed E-state index contributed by atoms with van der Waals surface area (Å²) in [5, 5.41) is 2.02. The van der Waals surface area contributed by atoms with Gasteiger partial charge in [0.05, 0.1) is 11.0 Å². The fourth-order valence-electron chi connectivity index (χ4n) is 4.01. The van der Waals surface area contributed by atoms with Crippen molar-refractivity contribution in [1.29, 1.82) is 0 Å². The molecule has 0 N–H and O–H groups in total. The van der Waals surface area contributed by atoms with Gasteiger partial charge in [-0.3, -0.25) is 9.97 Å². The molecule has 0 amide bonds. The Morgan fingerprint density at radius 1 is 0.405 bits per heavy atom. The van der Waals surface area contributed by atoms with Gasteiger partial charge >= 0.3 is 0 Å². The Kier molecular flexibility index (Phi) is 8.16. The molecule has 0 atom stereocenters. The van der Waals surface area contributed by atoms with Crippen molar-refractivity contribution in [2.75, 3.05) is 0 Å². The maximum Gasteiger partial charge on any atom is 0.129 e. The third-order valence-electron chi connectivity index (χ3n) is 6.14. The number of hydrogen-bond donors (Lipinski definition) is 0. The summed E-state index contributed by atoms with van der Waals surface area (Å²) in [7, 11) is -2.78. The van der Waals surface area contributed by atoms with E-state index in [0.717, 1.165) is 55.2 Å². The van der Waals surface area contributed by atoms with E-state index in [1.165, 1.54) is 0 Å². The average molecular weight is 573 g/mol. The van der Waals surface area contributed by atoms with Gasteiger partial charge in [-0.05, 0) is 60.7 Å². The summed E-state index contributed by atoms with van der Waals surface area (Å²) in [5.41, 5.74) is 14.2. The highest BCUT2D eigenvalue weighted by atomic mass is 28.3. The zero-order valence-electron chi connectivity index (χ0n) is 25.0. The lowest BCUT2D eigenvalue weighted by atomic mass is 10.1. The van der Waals surface area contributed by atoms with E-state index in [2.05, 4.69) is 110 Å². The minimum absolute atomic E-state index is 0.859.